The van der Waals surface area contributed by atoms with Crippen molar-refractivity contribution >= 4 is 11.8 Å². The molecule has 6 heteroatoms. The van der Waals surface area contributed by atoms with Crippen LogP contribution in [-0.4, -0.2) is 73.5 Å². The fourth-order valence-corrected chi connectivity index (χ4v) is 2.58. The van der Waals surface area contributed by atoms with Gasteiger partial charge < -0.3 is 10.6 Å². The second kappa shape index (κ2) is 9.88. The first-order chi connectivity index (χ1) is 10.8. The Labute approximate surface area is 141 Å². The number of hydrogen-bond acceptors (Lipinski definition) is 4. The van der Waals surface area contributed by atoms with Crippen LogP contribution in [0.5, 0.6) is 0 Å². The summed E-state index contributed by atoms with van der Waals surface area (Å²) in [5.74, 6) is 1.12. The van der Waals surface area contributed by atoms with Gasteiger partial charge in [-0.15, -0.1) is 0 Å². The molecule has 1 rings (SSSR count). The van der Waals surface area contributed by atoms with Crippen molar-refractivity contribution in [2.24, 2.45) is 11.8 Å². The van der Waals surface area contributed by atoms with E-state index >= 15 is 0 Å². The number of carbonyl (C=O) groups excluding carboxylic acids is 2. The summed E-state index contributed by atoms with van der Waals surface area (Å²) < 4.78 is 0. The number of nitrogens with zero attached hydrogens (tertiary/aromatic N) is 2. The number of nitrogens with one attached hydrogen (secondary N) is 2. The van der Waals surface area contributed by atoms with Crippen molar-refractivity contribution in [2.75, 3.05) is 45.8 Å². The van der Waals surface area contributed by atoms with Crippen LogP contribution in [0.15, 0.2) is 0 Å². The van der Waals surface area contributed by atoms with E-state index in [1.54, 1.807) is 0 Å². The normalized spacial score (nSPS) is 20.0. The van der Waals surface area contributed by atoms with Crippen LogP contribution in [0.25, 0.3) is 0 Å². The Morgan fingerprint density at radius 2 is 1.48 bits per heavy atom. The molecule has 0 radical (unpaired) electrons. The fraction of sp³-hybridized carbons (Fsp3) is 0.882. The second-order valence-corrected chi connectivity index (χ2v) is 7.45. The molecule has 0 aromatic heterocycles. The fourth-order valence-electron chi connectivity index (χ4n) is 2.58. The van der Waals surface area contributed by atoms with Gasteiger partial charge in [-0.3, -0.25) is 19.4 Å². The topological polar surface area (TPSA) is 64.7 Å². The van der Waals surface area contributed by atoms with Gasteiger partial charge in [0.25, 0.3) is 0 Å². The van der Waals surface area contributed by atoms with Gasteiger partial charge in [-0.1, -0.05) is 27.7 Å². The first-order valence-corrected chi connectivity index (χ1v) is 8.77. The largest absolute Gasteiger partial charge is 0.355 e. The summed E-state index contributed by atoms with van der Waals surface area (Å²) in [5, 5.41) is 5.92. The highest BCUT2D eigenvalue weighted by Crippen LogP contribution is 2.08. The second-order valence-electron chi connectivity index (χ2n) is 7.45. The first-order valence-electron chi connectivity index (χ1n) is 8.77. The average Bonchev–Trinajstić information content (AvgIpc) is 2.46. The molecule has 1 heterocycles. The zero-order valence-corrected chi connectivity index (χ0v) is 15.4. The third-order valence-electron chi connectivity index (χ3n) is 3.98. The van der Waals surface area contributed by atoms with Gasteiger partial charge in [0.15, 0.2) is 0 Å². The third kappa shape index (κ3) is 8.32. The third-order valence-corrected chi connectivity index (χ3v) is 3.98. The number of amides is 2. The highest BCUT2D eigenvalue weighted by molar-refractivity contribution is 5.78. The van der Waals surface area contributed by atoms with E-state index in [9.17, 15) is 9.59 Å². The molecule has 2 N–H and O–H groups in total. The molecule has 1 saturated heterocycles. The van der Waals surface area contributed by atoms with Gasteiger partial charge in [0.05, 0.1) is 13.1 Å². The lowest BCUT2D eigenvalue weighted by Gasteiger charge is -2.39. The van der Waals surface area contributed by atoms with Crippen LogP contribution in [0.3, 0.4) is 0 Å². The highest BCUT2D eigenvalue weighted by atomic mass is 16.2. The molecule has 0 spiro atoms. The van der Waals surface area contributed by atoms with Crippen molar-refractivity contribution in [3.8, 4) is 0 Å². The van der Waals surface area contributed by atoms with E-state index in [1.807, 2.05) is 0 Å². The molecule has 1 aliphatic heterocycles. The van der Waals surface area contributed by atoms with Gasteiger partial charge in [0.2, 0.25) is 11.8 Å². The molecule has 0 aliphatic carbocycles. The molecule has 6 nitrogen and oxygen atoms in total. The maximum Gasteiger partial charge on any atom is 0.234 e. The summed E-state index contributed by atoms with van der Waals surface area (Å²) >= 11 is 0. The van der Waals surface area contributed by atoms with E-state index in [2.05, 4.69) is 55.1 Å². The summed E-state index contributed by atoms with van der Waals surface area (Å²) in [5.41, 5.74) is 0. The van der Waals surface area contributed by atoms with E-state index in [4.69, 9.17) is 0 Å². The van der Waals surface area contributed by atoms with Gasteiger partial charge in [-0.25, -0.2) is 0 Å². The predicted molar refractivity (Wildman–Crippen MR) is 93.2 cm³/mol. The molecule has 0 bridgehead atoms. The molecular weight excluding hydrogens is 292 g/mol. The summed E-state index contributed by atoms with van der Waals surface area (Å²) in [6.07, 6.45) is 0. The van der Waals surface area contributed by atoms with E-state index < -0.39 is 0 Å². The molecule has 0 aromatic carbocycles. The lowest BCUT2D eigenvalue weighted by molar-refractivity contribution is -0.126. The maximum atomic E-state index is 11.9. The van der Waals surface area contributed by atoms with Gasteiger partial charge in [-0.05, 0) is 18.8 Å². The number of hydrogen-bond donors (Lipinski definition) is 2. The maximum absolute atomic E-state index is 11.9. The van der Waals surface area contributed by atoms with Gasteiger partial charge in [0.1, 0.15) is 0 Å². The molecule has 23 heavy (non-hydrogen) atoms. The standard InChI is InChI=1S/C17H34N4O2/c1-13(2)8-18-16(22)11-20-6-7-21(15(5)10-20)12-17(23)19-9-14(3)4/h13-15H,6-12H2,1-5H3,(H,18,22)(H,19,23)/t15-/m1/s1. The van der Waals surface area contributed by atoms with E-state index in [0.29, 0.717) is 24.9 Å². The monoisotopic (exact) mass is 326 g/mol. The van der Waals surface area contributed by atoms with Crippen LogP contribution in [-0.2, 0) is 9.59 Å². The molecule has 1 aliphatic rings. The zero-order valence-electron chi connectivity index (χ0n) is 15.4. The van der Waals surface area contributed by atoms with Crippen LogP contribution >= 0.6 is 0 Å². The Morgan fingerprint density at radius 3 is 1.96 bits per heavy atom. The summed E-state index contributed by atoms with van der Waals surface area (Å²) in [6, 6.07) is 0.284. The molecule has 1 atom stereocenters. The minimum Gasteiger partial charge on any atom is -0.355 e. The van der Waals surface area contributed by atoms with Crippen LogP contribution < -0.4 is 10.6 Å². The van der Waals surface area contributed by atoms with E-state index in [1.165, 1.54) is 0 Å². The smallest absolute Gasteiger partial charge is 0.234 e. The first kappa shape index (κ1) is 19.9. The minimum absolute atomic E-state index is 0.0914. The molecule has 0 unspecified atom stereocenters. The lowest BCUT2D eigenvalue weighted by atomic mass is 10.2. The predicted octanol–water partition coefficient (Wildman–Crippen LogP) is 0.537. The van der Waals surface area contributed by atoms with Crippen molar-refractivity contribution < 1.29 is 9.59 Å². The Kier molecular flexibility index (Phi) is 8.55. The quantitative estimate of drug-likeness (QED) is 0.683. The number of carbonyl (C=O) groups is 2. The molecule has 1 fully saturated rings. The Bertz CT molecular complexity index is 385. The van der Waals surface area contributed by atoms with Gasteiger partial charge >= 0.3 is 0 Å². The average molecular weight is 326 g/mol. The summed E-state index contributed by atoms with van der Waals surface area (Å²) in [7, 11) is 0. The minimum atomic E-state index is 0.0914. The SMILES string of the molecule is CC(C)CNC(=O)CN1CCN(CC(=O)NCC(C)C)[C@H](C)C1. The van der Waals surface area contributed by atoms with Gasteiger partial charge in [-0.2, -0.15) is 0 Å². The zero-order chi connectivity index (χ0) is 17.4. The van der Waals surface area contributed by atoms with Crippen molar-refractivity contribution in [1.29, 1.82) is 0 Å². The highest BCUT2D eigenvalue weighted by Gasteiger charge is 2.26. The summed E-state index contributed by atoms with van der Waals surface area (Å²) in [4.78, 5) is 28.2. The van der Waals surface area contributed by atoms with Gasteiger partial charge in [0, 0.05) is 38.8 Å². The Morgan fingerprint density at radius 1 is 0.957 bits per heavy atom. The molecular formula is C17H34N4O2. The van der Waals surface area contributed by atoms with E-state index in [-0.39, 0.29) is 17.9 Å². The molecule has 134 valence electrons. The molecule has 2 amide bonds. The summed E-state index contributed by atoms with van der Waals surface area (Å²) in [6.45, 7) is 15.3. The Hall–Kier alpha value is -1.14. The molecule has 0 saturated carbocycles. The van der Waals surface area contributed by atoms with Crippen molar-refractivity contribution in [3.05, 3.63) is 0 Å². The Balaban J connectivity index is 2.30. The lowest BCUT2D eigenvalue weighted by Crippen LogP contribution is -2.56. The van der Waals surface area contributed by atoms with Crippen molar-refractivity contribution in [3.63, 3.8) is 0 Å². The van der Waals surface area contributed by atoms with Crippen molar-refractivity contribution in [1.82, 2.24) is 20.4 Å². The van der Waals surface area contributed by atoms with Crippen LogP contribution in [0, 0.1) is 11.8 Å². The van der Waals surface area contributed by atoms with Crippen LogP contribution in [0.1, 0.15) is 34.6 Å². The number of rotatable bonds is 8. The van der Waals surface area contributed by atoms with E-state index in [0.717, 1.165) is 32.7 Å². The van der Waals surface area contributed by atoms with Crippen molar-refractivity contribution in [2.45, 2.75) is 40.7 Å². The van der Waals surface area contributed by atoms with Crippen LogP contribution in [0.2, 0.25) is 0 Å². The molecule has 0 aromatic rings. The van der Waals surface area contributed by atoms with Crippen LogP contribution in [0.4, 0.5) is 0 Å². The number of piperazine rings is 1.